The van der Waals surface area contributed by atoms with Crippen LogP contribution in [-0.4, -0.2) is 95.4 Å². The third kappa shape index (κ3) is 40.4. The molecular formula is C60H120N4O4. The van der Waals surface area contributed by atoms with E-state index in [9.17, 15) is 19.8 Å². The van der Waals surface area contributed by atoms with Gasteiger partial charge in [0.1, 0.15) is 12.1 Å². The van der Waals surface area contributed by atoms with E-state index >= 15 is 0 Å². The molecule has 0 aliphatic carbocycles. The van der Waals surface area contributed by atoms with Crippen molar-refractivity contribution in [1.29, 1.82) is 0 Å². The zero-order chi connectivity index (χ0) is 49.4. The molecule has 4 atom stereocenters. The molecule has 1 aliphatic heterocycles. The molecule has 0 aromatic rings. The first-order valence-electron chi connectivity index (χ1n) is 30.8. The second-order valence-corrected chi connectivity index (χ2v) is 21.9. The Bertz CT molecular complexity index is 996. The van der Waals surface area contributed by atoms with E-state index in [0.717, 1.165) is 90.6 Å². The van der Waals surface area contributed by atoms with E-state index < -0.39 is 12.1 Å². The molecule has 1 heterocycles. The van der Waals surface area contributed by atoms with Crippen molar-refractivity contribution in [3.63, 3.8) is 0 Å². The summed E-state index contributed by atoms with van der Waals surface area (Å²) in [4.78, 5) is 31.5. The molecule has 0 bridgehead atoms. The van der Waals surface area contributed by atoms with Crippen LogP contribution in [0.15, 0.2) is 0 Å². The maximum absolute atomic E-state index is 13.3. The summed E-state index contributed by atoms with van der Waals surface area (Å²) in [6.45, 7) is 14.5. The van der Waals surface area contributed by atoms with Crippen molar-refractivity contribution in [3.05, 3.63) is 0 Å². The Hall–Kier alpha value is -1.22. The quantitative estimate of drug-likeness (QED) is 0.0453. The smallest absolute Gasteiger partial charge is 0.243 e. The molecule has 2 amide bonds. The molecule has 0 spiro atoms. The predicted octanol–water partition coefficient (Wildman–Crippen LogP) is 15.5. The number of rotatable bonds is 54. The fraction of sp³-hybridized carbons (Fsp3) is 0.967. The molecule has 8 nitrogen and oxygen atoms in total. The Balaban J connectivity index is 2.51. The van der Waals surface area contributed by atoms with Gasteiger partial charge in [0.25, 0.3) is 0 Å². The zero-order valence-electron chi connectivity index (χ0n) is 46.3. The number of hydrogen-bond donors (Lipinski definition) is 4. The molecule has 0 aromatic heterocycles. The lowest BCUT2D eigenvalue weighted by atomic mass is 10.0. The molecule has 0 aromatic carbocycles. The van der Waals surface area contributed by atoms with E-state index in [-0.39, 0.29) is 24.0 Å². The highest BCUT2D eigenvalue weighted by atomic mass is 16.3. The highest BCUT2D eigenvalue weighted by Gasteiger charge is 2.32. The molecule has 0 unspecified atom stereocenters. The number of piperazine rings is 1. The van der Waals surface area contributed by atoms with Crippen LogP contribution in [0.5, 0.6) is 0 Å². The van der Waals surface area contributed by atoms with E-state index in [2.05, 4.69) is 48.1 Å². The van der Waals surface area contributed by atoms with Gasteiger partial charge in [-0.2, -0.15) is 0 Å². The summed E-state index contributed by atoms with van der Waals surface area (Å²) >= 11 is 0. The first kappa shape index (κ1) is 64.8. The topological polar surface area (TPSA) is 105 Å². The maximum Gasteiger partial charge on any atom is 0.243 e. The lowest BCUT2D eigenvalue weighted by molar-refractivity contribution is -0.137. The normalized spacial score (nSPS) is 16.2. The van der Waals surface area contributed by atoms with Gasteiger partial charge in [0.15, 0.2) is 0 Å². The van der Waals surface area contributed by atoms with Gasteiger partial charge in [-0.25, -0.2) is 0 Å². The van der Waals surface area contributed by atoms with Crippen LogP contribution < -0.4 is 10.6 Å². The molecule has 0 saturated carbocycles. The van der Waals surface area contributed by atoms with Gasteiger partial charge in [-0.05, 0) is 90.4 Å². The van der Waals surface area contributed by atoms with Crippen LogP contribution in [0.25, 0.3) is 0 Å². The predicted molar refractivity (Wildman–Crippen MR) is 295 cm³/mol. The SMILES string of the molecule is CCCCCCCCCCCCN(CCCC[C@@H]1NC(=O)[C@@H](CCCCN(CCCCCCCCCCCC)C[C@@H](O)CCCCCCCCCC)NC1=O)C[C@@H](O)CCCCCCCCCC. The van der Waals surface area contributed by atoms with Gasteiger partial charge in [-0.1, -0.05) is 246 Å². The second-order valence-electron chi connectivity index (χ2n) is 21.9. The minimum absolute atomic E-state index is 0.0377. The van der Waals surface area contributed by atoms with Crippen LogP contribution in [-0.2, 0) is 9.59 Å². The molecule has 8 heteroatoms. The highest BCUT2D eigenvalue weighted by molar-refractivity contribution is 5.96. The van der Waals surface area contributed by atoms with Crippen LogP contribution in [0.2, 0.25) is 0 Å². The fourth-order valence-corrected chi connectivity index (χ4v) is 10.5. The van der Waals surface area contributed by atoms with Crippen LogP contribution in [0, 0.1) is 0 Å². The number of hydrogen-bond acceptors (Lipinski definition) is 6. The first-order valence-corrected chi connectivity index (χ1v) is 30.8. The van der Waals surface area contributed by atoms with Crippen molar-refractivity contribution in [2.45, 2.75) is 335 Å². The van der Waals surface area contributed by atoms with E-state index in [1.165, 1.54) is 218 Å². The standard InChI is InChI=1S/C60H120N4O4/c1-5-9-13-17-21-25-27-31-35-41-49-63(53-55(65)45-37-33-29-23-19-15-11-7-3)51-43-39-47-57-59(67)62-58(60(68)61-57)48-40-44-52-64(50-42-36-32-28-26-22-18-14-10-6-2)54-56(66)46-38-34-30-24-20-16-12-8-4/h55-58,65-66H,5-54H2,1-4H3,(H,61,68)(H,62,67)/t55-,56-,57-,58+/m0/s1. The molecule has 68 heavy (non-hydrogen) atoms. The summed E-state index contributed by atoms with van der Waals surface area (Å²) in [5.41, 5.74) is 0. The van der Waals surface area contributed by atoms with Gasteiger partial charge in [-0.15, -0.1) is 0 Å². The Kier molecular flexibility index (Phi) is 47.0. The van der Waals surface area contributed by atoms with Crippen molar-refractivity contribution in [3.8, 4) is 0 Å². The second kappa shape index (κ2) is 49.4. The maximum atomic E-state index is 13.3. The minimum atomic E-state index is -0.458. The lowest BCUT2D eigenvalue weighted by Gasteiger charge is -2.30. The van der Waals surface area contributed by atoms with E-state index in [1.807, 2.05) is 0 Å². The van der Waals surface area contributed by atoms with Crippen molar-refractivity contribution in [2.75, 3.05) is 39.3 Å². The fourth-order valence-electron chi connectivity index (χ4n) is 10.5. The monoisotopic (exact) mass is 961 g/mol. The summed E-state index contributed by atoms with van der Waals surface area (Å²) in [6.07, 6.45) is 53.4. The number of amides is 2. The summed E-state index contributed by atoms with van der Waals surface area (Å²) in [5, 5.41) is 28.3. The average Bonchev–Trinajstić information content (AvgIpc) is 3.33. The third-order valence-corrected chi connectivity index (χ3v) is 15.1. The summed E-state index contributed by atoms with van der Waals surface area (Å²) in [7, 11) is 0. The van der Waals surface area contributed by atoms with E-state index in [0.29, 0.717) is 12.8 Å². The Morgan fingerprint density at radius 1 is 0.338 bits per heavy atom. The van der Waals surface area contributed by atoms with Crippen LogP contribution in [0.1, 0.15) is 310 Å². The molecule has 1 aliphatic rings. The lowest BCUT2D eigenvalue weighted by Crippen LogP contribution is -2.61. The van der Waals surface area contributed by atoms with Crippen molar-refractivity contribution < 1.29 is 19.8 Å². The number of carbonyl (C=O) groups is 2. The molecule has 0 radical (unpaired) electrons. The third-order valence-electron chi connectivity index (χ3n) is 15.1. The number of aliphatic hydroxyl groups is 2. The number of nitrogens with zero attached hydrogens (tertiary/aromatic N) is 2. The minimum Gasteiger partial charge on any atom is -0.392 e. The van der Waals surface area contributed by atoms with Gasteiger partial charge in [0, 0.05) is 13.1 Å². The van der Waals surface area contributed by atoms with Crippen LogP contribution in [0.3, 0.4) is 0 Å². The molecule has 1 fully saturated rings. The molecule has 1 rings (SSSR count). The zero-order valence-corrected chi connectivity index (χ0v) is 46.3. The summed E-state index contributed by atoms with van der Waals surface area (Å²) < 4.78 is 0. The molecule has 4 N–H and O–H groups in total. The van der Waals surface area contributed by atoms with Crippen LogP contribution >= 0.6 is 0 Å². The van der Waals surface area contributed by atoms with Gasteiger partial charge in [0.2, 0.25) is 11.8 Å². The van der Waals surface area contributed by atoms with Gasteiger partial charge in [-0.3, -0.25) is 9.59 Å². The number of unbranched alkanes of at least 4 members (excludes halogenated alkanes) is 34. The largest absolute Gasteiger partial charge is 0.392 e. The Labute approximate surface area is 424 Å². The summed E-state index contributed by atoms with van der Waals surface area (Å²) in [5.74, 6) is -0.0754. The molecule has 404 valence electrons. The van der Waals surface area contributed by atoms with Crippen LogP contribution in [0.4, 0.5) is 0 Å². The number of aliphatic hydroxyl groups excluding tert-OH is 2. The highest BCUT2D eigenvalue weighted by Crippen LogP contribution is 2.18. The van der Waals surface area contributed by atoms with Gasteiger partial charge in [0.05, 0.1) is 12.2 Å². The van der Waals surface area contributed by atoms with Crippen molar-refractivity contribution >= 4 is 11.8 Å². The average molecular weight is 962 g/mol. The van der Waals surface area contributed by atoms with Crippen molar-refractivity contribution in [1.82, 2.24) is 20.4 Å². The molecular weight excluding hydrogens is 841 g/mol. The van der Waals surface area contributed by atoms with Crippen molar-refractivity contribution in [2.24, 2.45) is 0 Å². The van der Waals surface area contributed by atoms with E-state index in [4.69, 9.17) is 0 Å². The van der Waals surface area contributed by atoms with E-state index in [1.54, 1.807) is 0 Å². The summed E-state index contributed by atoms with van der Waals surface area (Å²) in [6, 6.07) is -0.915. The molecule has 1 saturated heterocycles. The number of carbonyl (C=O) groups excluding carboxylic acids is 2. The van der Waals surface area contributed by atoms with Gasteiger partial charge >= 0.3 is 0 Å². The van der Waals surface area contributed by atoms with Gasteiger partial charge < -0.3 is 30.6 Å². The Morgan fingerprint density at radius 2 is 0.559 bits per heavy atom. The number of nitrogens with one attached hydrogen (secondary N) is 2. The first-order chi connectivity index (χ1) is 33.3. The Morgan fingerprint density at radius 3 is 0.824 bits per heavy atom.